The van der Waals surface area contributed by atoms with Crippen molar-refractivity contribution in [2.45, 2.75) is 26.2 Å². The highest BCUT2D eigenvalue weighted by Crippen LogP contribution is 2.33. The van der Waals surface area contributed by atoms with Gasteiger partial charge in [0.2, 0.25) is 0 Å². The van der Waals surface area contributed by atoms with Crippen molar-refractivity contribution in [3.05, 3.63) is 59.8 Å². The molecule has 1 N–H and O–H groups in total. The van der Waals surface area contributed by atoms with Gasteiger partial charge in [-0.2, -0.15) is 5.10 Å². The first-order valence-electron chi connectivity index (χ1n) is 8.18. The lowest BCUT2D eigenvalue weighted by Gasteiger charge is -2.11. The number of aryl methyl sites for hydroxylation is 1. The molecule has 0 unspecified atom stereocenters. The molecule has 0 spiro atoms. The van der Waals surface area contributed by atoms with E-state index in [1.165, 1.54) is 24.0 Å². The van der Waals surface area contributed by atoms with Crippen LogP contribution in [0.2, 0.25) is 0 Å². The van der Waals surface area contributed by atoms with E-state index in [1.54, 1.807) is 0 Å². The van der Waals surface area contributed by atoms with Crippen molar-refractivity contribution in [1.29, 1.82) is 0 Å². The molecule has 116 valence electrons. The van der Waals surface area contributed by atoms with Crippen LogP contribution in [0.3, 0.4) is 0 Å². The number of nitrogens with one attached hydrogen (secondary N) is 1. The van der Waals surface area contributed by atoms with E-state index in [-0.39, 0.29) is 0 Å². The minimum absolute atomic E-state index is 0.944. The topological polar surface area (TPSA) is 42.7 Å². The Kier molecular flexibility index (Phi) is 3.58. The summed E-state index contributed by atoms with van der Waals surface area (Å²) in [4.78, 5) is 4.51. The monoisotopic (exact) mass is 304 g/mol. The molecular formula is C19H20N4. The molecule has 2 aromatic heterocycles. The first kappa shape index (κ1) is 14.0. The Morgan fingerprint density at radius 3 is 2.74 bits per heavy atom. The van der Waals surface area contributed by atoms with Crippen molar-refractivity contribution in [3.8, 4) is 17.1 Å². The van der Waals surface area contributed by atoms with Gasteiger partial charge in [-0.1, -0.05) is 24.3 Å². The average molecular weight is 304 g/mol. The number of aromatic nitrogens is 3. The van der Waals surface area contributed by atoms with Crippen molar-refractivity contribution in [3.63, 3.8) is 0 Å². The van der Waals surface area contributed by atoms with E-state index in [4.69, 9.17) is 5.10 Å². The lowest BCUT2D eigenvalue weighted by Crippen LogP contribution is -2.08. The molecule has 3 heterocycles. The Hall–Kier alpha value is -2.62. The molecule has 0 radical (unpaired) electrons. The Balaban J connectivity index is 1.94. The zero-order valence-electron chi connectivity index (χ0n) is 13.3. The van der Waals surface area contributed by atoms with Gasteiger partial charge < -0.3 is 5.32 Å². The van der Waals surface area contributed by atoms with E-state index in [1.807, 2.05) is 24.4 Å². The normalized spacial score (nSPS) is 14.0. The SMILES string of the molecule is Cc1ccccc1-n1nc(-c2ccccn2)c2c1NCCCC2. The van der Waals surface area contributed by atoms with E-state index in [2.05, 4.69) is 46.2 Å². The number of anilines is 1. The van der Waals surface area contributed by atoms with Crippen LogP contribution in [0.25, 0.3) is 17.1 Å². The van der Waals surface area contributed by atoms with Crippen LogP contribution in [0.5, 0.6) is 0 Å². The summed E-state index contributed by atoms with van der Waals surface area (Å²) in [6.45, 7) is 3.12. The van der Waals surface area contributed by atoms with Crippen LogP contribution in [-0.4, -0.2) is 21.3 Å². The maximum atomic E-state index is 4.93. The van der Waals surface area contributed by atoms with Gasteiger partial charge >= 0.3 is 0 Å². The molecule has 1 aromatic carbocycles. The number of nitrogens with zero attached hydrogens (tertiary/aromatic N) is 3. The molecule has 1 aliphatic heterocycles. The van der Waals surface area contributed by atoms with Crippen LogP contribution >= 0.6 is 0 Å². The largest absolute Gasteiger partial charge is 0.370 e. The van der Waals surface area contributed by atoms with Gasteiger partial charge in [0.05, 0.1) is 11.4 Å². The molecular weight excluding hydrogens is 284 g/mol. The van der Waals surface area contributed by atoms with Crippen molar-refractivity contribution >= 4 is 5.82 Å². The van der Waals surface area contributed by atoms with E-state index in [0.29, 0.717) is 0 Å². The maximum Gasteiger partial charge on any atom is 0.133 e. The Morgan fingerprint density at radius 1 is 1.04 bits per heavy atom. The second-order valence-corrected chi connectivity index (χ2v) is 5.97. The Bertz CT molecular complexity index is 821. The van der Waals surface area contributed by atoms with E-state index >= 15 is 0 Å². The minimum Gasteiger partial charge on any atom is -0.370 e. The van der Waals surface area contributed by atoms with Crippen LogP contribution in [0.1, 0.15) is 24.0 Å². The van der Waals surface area contributed by atoms with Crippen LogP contribution < -0.4 is 5.32 Å². The highest BCUT2D eigenvalue weighted by molar-refractivity contribution is 5.69. The third kappa shape index (κ3) is 2.50. The number of para-hydroxylation sites is 1. The van der Waals surface area contributed by atoms with Gasteiger partial charge in [0, 0.05) is 18.3 Å². The number of rotatable bonds is 2. The van der Waals surface area contributed by atoms with Gasteiger partial charge in [-0.25, -0.2) is 4.68 Å². The maximum absolute atomic E-state index is 4.93. The molecule has 0 fully saturated rings. The Morgan fingerprint density at radius 2 is 1.91 bits per heavy atom. The minimum atomic E-state index is 0.944. The van der Waals surface area contributed by atoms with Crippen LogP contribution in [0.15, 0.2) is 48.7 Å². The first-order valence-corrected chi connectivity index (χ1v) is 8.18. The quantitative estimate of drug-likeness (QED) is 0.778. The molecule has 1 aliphatic rings. The molecule has 4 heteroatoms. The first-order chi connectivity index (χ1) is 11.3. The number of hydrogen-bond acceptors (Lipinski definition) is 3. The second-order valence-electron chi connectivity index (χ2n) is 5.97. The third-order valence-electron chi connectivity index (χ3n) is 4.38. The lowest BCUT2D eigenvalue weighted by atomic mass is 10.1. The van der Waals surface area contributed by atoms with Gasteiger partial charge in [0.25, 0.3) is 0 Å². The molecule has 4 nitrogen and oxygen atoms in total. The smallest absolute Gasteiger partial charge is 0.133 e. The highest BCUT2D eigenvalue weighted by atomic mass is 15.3. The summed E-state index contributed by atoms with van der Waals surface area (Å²) < 4.78 is 2.06. The fourth-order valence-electron chi connectivity index (χ4n) is 3.19. The van der Waals surface area contributed by atoms with Crippen LogP contribution in [-0.2, 0) is 6.42 Å². The Labute approximate surface area is 136 Å². The number of pyridine rings is 1. The average Bonchev–Trinajstić information content (AvgIpc) is 2.78. The molecule has 4 rings (SSSR count). The summed E-state index contributed by atoms with van der Waals surface area (Å²) in [5.74, 6) is 1.12. The fraction of sp³-hybridized carbons (Fsp3) is 0.263. The summed E-state index contributed by atoms with van der Waals surface area (Å²) in [6.07, 6.45) is 5.24. The van der Waals surface area contributed by atoms with E-state index in [0.717, 1.165) is 35.9 Å². The fourth-order valence-corrected chi connectivity index (χ4v) is 3.19. The predicted octanol–water partition coefficient (Wildman–Crippen LogP) is 3.99. The van der Waals surface area contributed by atoms with Gasteiger partial charge in [-0.15, -0.1) is 0 Å². The van der Waals surface area contributed by atoms with Crippen LogP contribution in [0.4, 0.5) is 5.82 Å². The molecule has 23 heavy (non-hydrogen) atoms. The number of benzene rings is 1. The third-order valence-corrected chi connectivity index (χ3v) is 4.38. The van der Waals surface area contributed by atoms with Gasteiger partial charge in [-0.3, -0.25) is 4.98 Å². The molecule has 0 amide bonds. The highest BCUT2D eigenvalue weighted by Gasteiger charge is 2.22. The summed E-state index contributed by atoms with van der Waals surface area (Å²) >= 11 is 0. The zero-order chi connectivity index (χ0) is 15.6. The van der Waals surface area contributed by atoms with E-state index in [9.17, 15) is 0 Å². The summed E-state index contributed by atoms with van der Waals surface area (Å²) in [7, 11) is 0. The van der Waals surface area contributed by atoms with Crippen molar-refractivity contribution in [2.75, 3.05) is 11.9 Å². The number of hydrogen-bond donors (Lipinski definition) is 1. The summed E-state index contributed by atoms with van der Waals surface area (Å²) in [5.41, 5.74) is 5.57. The van der Waals surface area contributed by atoms with Gasteiger partial charge in [0.15, 0.2) is 0 Å². The van der Waals surface area contributed by atoms with Crippen molar-refractivity contribution < 1.29 is 0 Å². The second kappa shape index (κ2) is 5.88. The number of fused-ring (bicyclic) bond motifs is 1. The zero-order valence-corrected chi connectivity index (χ0v) is 13.3. The van der Waals surface area contributed by atoms with Gasteiger partial charge in [-0.05, 0) is 49.9 Å². The van der Waals surface area contributed by atoms with Crippen molar-refractivity contribution in [2.24, 2.45) is 0 Å². The van der Waals surface area contributed by atoms with Crippen molar-refractivity contribution in [1.82, 2.24) is 14.8 Å². The standard InChI is InChI=1S/C19H20N4/c1-14-8-2-3-11-17(14)23-19-15(9-4-6-13-21-19)18(22-23)16-10-5-7-12-20-16/h2-3,5,7-8,10-12,21H,4,6,9,13H2,1H3. The van der Waals surface area contributed by atoms with Gasteiger partial charge in [0.1, 0.15) is 11.5 Å². The molecule has 0 bridgehead atoms. The molecule has 0 saturated heterocycles. The molecule has 0 aliphatic carbocycles. The molecule has 0 saturated carbocycles. The van der Waals surface area contributed by atoms with E-state index < -0.39 is 0 Å². The van der Waals surface area contributed by atoms with Crippen LogP contribution in [0, 0.1) is 6.92 Å². The lowest BCUT2D eigenvalue weighted by molar-refractivity contribution is 0.779. The molecule has 0 atom stereocenters. The molecule has 3 aromatic rings. The summed E-state index contributed by atoms with van der Waals surface area (Å²) in [5, 5.41) is 8.51. The predicted molar refractivity (Wildman–Crippen MR) is 93.0 cm³/mol. The summed E-state index contributed by atoms with van der Waals surface area (Å²) in [6, 6.07) is 14.4.